The molecule has 0 aliphatic heterocycles. The maximum Gasteiger partial charge on any atom is 0.303 e. The molecule has 0 heterocycles. The summed E-state index contributed by atoms with van der Waals surface area (Å²) in [5.74, 6) is -1.11. The molecule has 0 aromatic heterocycles. The first kappa shape index (κ1) is 12.5. The summed E-state index contributed by atoms with van der Waals surface area (Å²) >= 11 is 0. The van der Waals surface area contributed by atoms with Crippen LogP contribution < -0.4 is 4.74 Å². The van der Waals surface area contributed by atoms with Crippen LogP contribution in [0.1, 0.15) is 25.8 Å². The van der Waals surface area contributed by atoms with Crippen LogP contribution in [0.25, 0.3) is 0 Å². The molecular weight excluding hydrogens is 211 g/mol. The molecule has 1 N–H and O–H groups in total. The predicted molar refractivity (Wildman–Crippen MR) is 58.1 cm³/mol. The fraction of sp³-hybridized carbons (Fsp3) is 0.417. The SMILES string of the molecule is CC(C)Oc1cc(CCC(=O)O)ccc1F. The number of aryl methyl sites for hydroxylation is 1. The fourth-order valence-corrected chi connectivity index (χ4v) is 1.30. The lowest BCUT2D eigenvalue weighted by atomic mass is 10.1. The lowest BCUT2D eigenvalue weighted by Crippen LogP contribution is -2.07. The Hall–Kier alpha value is -1.58. The van der Waals surface area contributed by atoms with E-state index in [9.17, 15) is 9.18 Å². The van der Waals surface area contributed by atoms with E-state index in [0.717, 1.165) is 5.56 Å². The van der Waals surface area contributed by atoms with Gasteiger partial charge in [0, 0.05) is 6.42 Å². The van der Waals surface area contributed by atoms with Crippen LogP contribution in [0.3, 0.4) is 0 Å². The molecule has 1 rings (SSSR count). The van der Waals surface area contributed by atoms with E-state index in [1.54, 1.807) is 12.1 Å². The van der Waals surface area contributed by atoms with Crippen molar-refractivity contribution < 1.29 is 19.0 Å². The molecule has 3 nitrogen and oxygen atoms in total. The van der Waals surface area contributed by atoms with Gasteiger partial charge in [0.25, 0.3) is 0 Å². The van der Waals surface area contributed by atoms with Gasteiger partial charge in [0.05, 0.1) is 6.10 Å². The van der Waals surface area contributed by atoms with Gasteiger partial charge in [-0.25, -0.2) is 4.39 Å². The molecular formula is C12H15FO3. The number of benzene rings is 1. The molecule has 4 heteroatoms. The summed E-state index contributed by atoms with van der Waals surface area (Å²) in [5, 5.41) is 8.54. The van der Waals surface area contributed by atoms with Crippen molar-refractivity contribution in [2.24, 2.45) is 0 Å². The molecule has 0 amide bonds. The van der Waals surface area contributed by atoms with E-state index >= 15 is 0 Å². The second-order valence-corrected chi connectivity index (χ2v) is 3.83. The third-order valence-corrected chi connectivity index (χ3v) is 1.99. The molecule has 16 heavy (non-hydrogen) atoms. The van der Waals surface area contributed by atoms with E-state index in [1.807, 2.05) is 13.8 Å². The van der Waals surface area contributed by atoms with Crippen LogP contribution in [0.4, 0.5) is 4.39 Å². The highest BCUT2D eigenvalue weighted by Crippen LogP contribution is 2.20. The average molecular weight is 226 g/mol. The Balaban J connectivity index is 2.76. The van der Waals surface area contributed by atoms with Crippen LogP contribution in [-0.2, 0) is 11.2 Å². The number of hydrogen-bond donors (Lipinski definition) is 1. The largest absolute Gasteiger partial charge is 0.488 e. The van der Waals surface area contributed by atoms with E-state index in [-0.39, 0.29) is 18.3 Å². The summed E-state index contributed by atoms with van der Waals surface area (Å²) in [5.41, 5.74) is 0.763. The summed E-state index contributed by atoms with van der Waals surface area (Å²) in [6, 6.07) is 4.43. The zero-order valence-electron chi connectivity index (χ0n) is 9.37. The zero-order valence-corrected chi connectivity index (χ0v) is 9.37. The first-order valence-corrected chi connectivity index (χ1v) is 5.16. The van der Waals surface area contributed by atoms with Crippen molar-refractivity contribution in [3.8, 4) is 5.75 Å². The summed E-state index contributed by atoms with van der Waals surface area (Å²) in [6.07, 6.45) is 0.306. The van der Waals surface area contributed by atoms with Crippen LogP contribution in [0.15, 0.2) is 18.2 Å². The Morgan fingerprint density at radius 2 is 2.19 bits per heavy atom. The number of halogens is 1. The Morgan fingerprint density at radius 3 is 2.75 bits per heavy atom. The predicted octanol–water partition coefficient (Wildman–Crippen LogP) is 2.63. The number of hydrogen-bond acceptors (Lipinski definition) is 2. The van der Waals surface area contributed by atoms with Gasteiger partial charge in [-0.05, 0) is 38.0 Å². The summed E-state index contributed by atoms with van der Waals surface area (Å²) in [6.45, 7) is 3.62. The number of rotatable bonds is 5. The number of carboxylic acid groups (broad SMARTS) is 1. The molecule has 0 atom stereocenters. The van der Waals surface area contributed by atoms with Crippen molar-refractivity contribution in [3.05, 3.63) is 29.6 Å². The smallest absolute Gasteiger partial charge is 0.303 e. The minimum absolute atomic E-state index is 0.0345. The van der Waals surface area contributed by atoms with Gasteiger partial charge in [0.1, 0.15) is 0 Å². The van der Waals surface area contributed by atoms with Gasteiger partial charge < -0.3 is 9.84 Å². The van der Waals surface area contributed by atoms with E-state index in [2.05, 4.69) is 0 Å². The van der Waals surface area contributed by atoms with Crippen molar-refractivity contribution in [2.45, 2.75) is 32.8 Å². The molecule has 0 saturated heterocycles. The lowest BCUT2D eigenvalue weighted by Gasteiger charge is -2.11. The maximum absolute atomic E-state index is 13.3. The third-order valence-electron chi connectivity index (χ3n) is 1.99. The summed E-state index contributed by atoms with van der Waals surface area (Å²) in [4.78, 5) is 10.4. The quantitative estimate of drug-likeness (QED) is 0.839. The second-order valence-electron chi connectivity index (χ2n) is 3.83. The van der Waals surface area contributed by atoms with E-state index in [1.165, 1.54) is 6.07 Å². The molecule has 0 aliphatic rings. The minimum Gasteiger partial charge on any atom is -0.488 e. The van der Waals surface area contributed by atoms with Crippen LogP contribution in [0.5, 0.6) is 5.75 Å². The van der Waals surface area contributed by atoms with Gasteiger partial charge in [-0.15, -0.1) is 0 Å². The number of carboxylic acids is 1. The van der Waals surface area contributed by atoms with Gasteiger partial charge in [0.2, 0.25) is 0 Å². The van der Waals surface area contributed by atoms with Crippen molar-refractivity contribution >= 4 is 5.97 Å². The molecule has 1 aromatic carbocycles. The highest BCUT2D eigenvalue weighted by Gasteiger charge is 2.07. The zero-order chi connectivity index (χ0) is 12.1. The third kappa shape index (κ3) is 3.88. The summed E-state index contributed by atoms with van der Waals surface area (Å²) in [7, 11) is 0. The Kier molecular flexibility index (Phi) is 4.28. The number of ether oxygens (including phenoxy) is 1. The average Bonchev–Trinajstić information content (AvgIpc) is 2.18. The van der Waals surface area contributed by atoms with Crippen LogP contribution in [0, 0.1) is 5.82 Å². The molecule has 0 unspecified atom stereocenters. The van der Waals surface area contributed by atoms with Crippen LogP contribution in [-0.4, -0.2) is 17.2 Å². The Labute approximate surface area is 93.9 Å². The minimum atomic E-state index is -0.865. The highest BCUT2D eigenvalue weighted by molar-refractivity contribution is 5.67. The van der Waals surface area contributed by atoms with Crippen LogP contribution >= 0.6 is 0 Å². The van der Waals surface area contributed by atoms with Gasteiger partial charge >= 0.3 is 5.97 Å². The standard InChI is InChI=1S/C12H15FO3/c1-8(2)16-11-7-9(3-5-10(11)13)4-6-12(14)15/h3,5,7-8H,4,6H2,1-2H3,(H,14,15). The highest BCUT2D eigenvalue weighted by atomic mass is 19.1. The maximum atomic E-state index is 13.3. The second kappa shape index (κ2) is 5.49. The van der Waals surface area contributed by atoms with Gasteiger partial charge in [-0.3, -0.25) is 4.79 Å². The molecule has 0 radical (unpaired) electrons. The van der Waals surface area contributed by atoms with Gasteiger partial charge in [0.15, 0.2) is 11.6 Å². The van der Waals surface area contributed by atoms with Crippen molar-refractivity contribution in [1.82, 2.24) is 0 Å². The lowest BCUT2D eigenvalue weighted by molar-refractivity contribution is -0.136. The molecule has 0 saturated carbocycles. The fourth-order valence-electron chi connectivity index (χ4n) is 1.30. The normalized spacial score (nSPS) is 10.5. The van der Waals surface area contributed by atoms with E-state index in [0.29, 0.717) is 6.42 Å². The van der Waals surface area contributed by atoms with Crippen molar-refractivity contribution in [1.29, 1.82) is 0 Å². The molecule has 0 bridgehead atoms. The molecule has 88 valence electrons. The van der Waals surface area contributed by atoms with Crippen LogP contribution in [0.2, 0.25) is 0 Å². The first-order chi connectivity index (χ1) is 7.49. The van der Waals surface area contributed by atoms with Gasteiger partial charge in [-0.2, -0.15) is 0 Å². The monoisotopic (exact) mass is 226 g/mol. The molecule has 0 fully saturated rings. The Bertz CT molecular complexity index is 375. The first-order valence-electron chi connectivity index (χ1n) is 5.16. The van der Waals surface area contributed by atoms with Crippen molar-refractivity contribution in [2.75, 3.05) is 0 Å². The molecule has 1 aromatic rings. The topological polar surface area (TPSA) is 46.5 Å². The number of aliphatic carboxylic acids is 1. The number of carbonyl (C=O) groups is 1. The molecule has 0 aliphatic carbocycles. The van der Waals surface area contributed by atoms with Crippen molar-refractivity contribution in [3.63, 3.8) is 0 Å². The van der Waals surface area contributed by atoms with E-state index < -0.39 is 11.8 Å². The van der Waals surface area contributed by atoms with Gasteiger partial charge in [-0.1, -0.05) is 6.07 Å². The Morgan fingerprint density at radius 1 is 1.50 bits per heavy atom. The van der Waals surface area contributed by atoms with E-state index in [4.69, 9.17) is 9.84 Å². The summed E-state index contributed by atoms with van der Waals surface area (Å²) < 4.78 is 18.6. The molecule has 0 spiro atoms.